The third kappa shape index (κ3) is 4.55. The molecule has 0 N–H and O–H groups in total. The van der Waals surface area contributed by atoms with E-state index < -0.39 is 11.8 Å². The van der Waals surface area contributed by atoms with E-state index in [1.165, 1.54) is 36.2 Å². The Labute approximate surface area is 172 Å². The molecular weight excluding hydrogens is 417 g/mol. The second kappa shape index (κ2) is 7.94. The van der Waals surface area contributed by atoms with Gasteiger partial charge in [-0.05, 0) is 36.4 Å². The highest BCUT2D eigenvalue weighted by Gasteiger charge is 2.31. The molecule has 4 rings (SSSR count). The number of hydrogen-bond acceptors (Lipinski definition) is 7. The fourth-order valence-corrected chi connectivity index (χ4v) is 2.70. The van der Waals surface area contributed by atoms with Crippen LogP contribution in [0.15, 0.2) is 70.1 Å². The molecule has 0 unspecified atom stereocenters. The van der Waals surface area contributed by atoms with Crippen molar-refractivity contribution in [3.63, 3.8) is 0 Å². The van der Waals surface area contributed by atoms with Crippen molar-refractivity contribution in [2.45, 2.75) is 6.36 Å². The van der Waals surface area contributed by atoms with Gasteiger partial charge in [-0.15, -0.1) is 13.2 Å². The zero-order valence-corrected chi connectivity index (χ0v) is 15.8. The highest BCUT2D eigenvalue weighted by Crippen LogP contribution is 2.26. The molecule has 0 atom stereocenters. The Hall–Kier alpha value is -4.15. The summed E-state index contributed by atoms with van der Waals surface area (Å²) in [5.74, 6) is 0.169. The van der Waals surface area contributed by atoms with E-state index in [9.17, 15) is 18.0 Å². The molecule has 2 heterocycles. The third-order valence-corrected chi connectivity index (χ3v) is 4.10. The van der Waals surface area contributed by atoms with Crippen LogP contribution in [0.2, 0.25) is 0 Å². The van der Waals surface area contributed by atoms with Gasteiger partial charge in [-0.25, -0.2) is 4.68 Å². The zero-order chi connectivity index (χ0) is 22.0. The largest absolute Gasteiger partial charge is 0.573 e. The van der Waals surface area contributed by atoms with Gasteiger partial charge in [0, 0.05) is 23.9 Å². The molecule has 0 amide bonds. The number of alkyl halides is 3. The molecule has 0 radical (unpaired) electrons. The van der Waals surface area contributed by atoms with Crippen LogP contribution in [0.5, 0.6) is 11.5 Å². The summed E-state index contributed by atoms with van der Waals surface area (Å²) in [6.07, 6.45) is -3.31. The summed E-state index contributed by atoms with van der Waals surface area (Å²) in [6.45, 7) is 0. The van der Waals surface area contributed by atoms with E-state index in [0.29, 0.717) is 17.0 Å². The number of hydrogen-bond donors (Lipinski definition) is 0. The van der Waals surface area contributed by atoms with E-state index in [4.69, 9.17) is 9.26 Å². The van der Waals surface area contributed by atoms with Crippen molar-refractivity contribution in [2.75, 3.05) is 7.11 Å². The standard InChI is InChI=1S/C20H13F3N4O4/c1-29-15-4-2-3-13(11-15)27-10-9-16(28)17(25-27)19-24-18(26-31-19)12-5-7-14(8-6-12)30-20(21,22)23/h2-11H,1H3. The summed E-state index contributed by atoms with van der Waals surface area (Å²) >= 11 is 0. The monoisotopic (exact) mass is 430 g/mol. The summed E-state index contributed by atoms with van der Waals surface area (Å²) in [5, 5.41) is 8.04. The summed E-state index contributed by atoms with van der Waals surface area (Å²) < 4.78 is 52.5. The second-order valence-corrected chi connectivity index (χ2v) is 6.17. The summed E-state index contributed by atoms with van der Waals surface area (Å²) in [5.41, 5.74) is 0.485. The number of rotatable bonds is 5. The lowest BCUT2D eigenvalue weighted by Crippen LogP contribution is -2.16. The predicted octanol–water partition coefficient (Wildman–Crippen LogP) is 3.86. The maximum absolute atomic E-state index is 12.3. The van der Waals surface area contributed by atoms with Crippen LogP contribution in [0.25, 0.3) is 28.7 Å². The second-order valence-electron chi connectivity index (χ2n) is 6.17. The first-order valence-corrected chi connectivity index (χ1v) is 8.77. The van der Waals surface area contributed by atoms with Gasteiger partial charge in [0.25, 0.3) is 5.89 Å². The number of methoxy groups -OCH3 is 1. The van der Waals surface area contributed by atoms with Gasteiger partial charge >= 0.3 is 6.36 Å². The van der Waals surface area contributed by atoms with Gasteiger partial charge in [0.15, 0.2) is 5.69 Å². The summed E-state index contributed by atoms with van der Waals surface area (Å²) in [6, 6.07) is 13.2. The van der Waals surface area contributed by atoms with Gasteiger partial charge in [-0.1, -0.05) is 11.2 Å². The quantitative estimate of drug-likeness (QED) is 0.475. The first-order chi connectivity index (χ1) is 14.8. The van der Waals surface area contributed by atoms with E-state index in [1.807, 2.05) is 0 Å². The molecule has 0 saturated heterocycles. The van der Waals surface area contributed by atoms with Crippen LogP contribution in [0.4, 0.5) is 13.2 Å². The molecule has 0 fully saturated rings. The Balaban J connectivity index is 1.64. The zero-order valence-electron chi connectivity index (χ0n) is 15.8. The van der Waals surface area contributed by atoms with Gasteiger partial charge in [-0.2, -0.15) is 10.1 Å². The van der Waals surface area contributed by atoms with Crippen molar-refractivity contribution in [3.8, 4) is 40.2 Å². The van der Waals surface area contributed by atoms with Crippen molar-refractivity contribution >= 4 is 0 Å². The normalized spacial score (nSPS) is 11.4. The van der Waals surface area contributed by atoms with E-state index in [-0.39, 0.29) is 23.2 Å². The molecule has 0 aliphatic heterocycles. The average Bonchev–Trinajstić information content (AvgIpc) is 3.23. The Kier molecular flexibility index (Phi) is 5.15. The lowest BCUT2D eigenvalue weighted by Gasteiger charge is -2.08. The molecule has 0 spiro atoms. The Morgan fingerprint density at radius 2 is 1.81 bits per heavy atom. The molecule has 158 valence electrons. The topological polar surface area (TPSA) is 92.3 Å². The highest BCUT2D eigenvalue weighted by molar-refractivity contribution is 5.58. The summed E-state index contributed by atoms with van der Waals surface area (Å²) in [4.78, 5) is 16.4. The fraction of sp³-hybridized carbons (Fsp3) is 0.100. The number of halogens is 3. The molecule has 2 aromatic carbocycles. The van der Waals surface area contributed by atoms with Crippen molar-refractivity contribution in [2.24, 2.45) is 0 Å². The molecule has 4 aromatic rings. The van der Waals surface area contributed by atoms with Crippen molar-refractivity contribution < 1.29 is 27.2 Å². The van der Waals surface area contributed by atoms with Crippen LogP contribution in [0, 0.1) is 0 Å². The Morgan fingerprint density at radius 1 is 1.03 bits per heavy atom. The van der Waals surface area contributed by atoms with Crippen LogP contribution in [0.1, 0.15) is 0 Å². The van der Waals surface area contributed by atoms with E-state index in [2.05, 4.69) is 20.0 Å². The van der Waals surface area contributed by atoms with Crippen LogP contribution in [-0.4, -0.2) is 33.4 Å². The van der Waals surface area contributed by atoms with Crippen LogP contribution >= 0.6 is 0 Å². The minimum atomic E-state index is -4.79. The van der Waals surface area contributed by atoms with E-state index in [0.717, 1.165) is 12.1 Å². The molecule has 8 nitrogen and oxygen atoms in total. The van der Waals surface area contributed by atoms with Gasteiger partial charge in [-0.3, -0.25) is 4.79 Å². The number of nitrogens with zero attached hydrogens (tertiary/aromatic N) is 4. The number of ether oxygens (including phenoxy) is 2. The van der Waals surface area contributed by atoms with Gasteiger partial charge in [0.05, 0.1) is 12.8 Å². The van der Waals surface area contributed by atoms with Gasteiger partial charge in [0.1, 0.15) is 11.5 Å². The SMILES string of the molecule is COc1cccc(-n2ccc(=O)c(-c3nc(-c4ccc(OC(F)(F)F)cc4)no3)n2)c1. The van der Waals surface area contributed by atoms with Crippen LogP contribution < -0.4 is 14.9 Å². The lowest BCUT2D eigenvalue weighted by atomic mass is 10.2. The fourth-order valence-electron chi connectivity index (χ4n) is 2.70. The molecule has 11 heteroatoms. The number of benzene rings is 2. The molecule has 0 aliphatic carbocycles. The minimum Gasteiger partial charge on any atom is -0.497 e. The number of aromatic nitrogens is 4. The van der Waals surface area contributed by atoms with Crippen molar-refractivity contribution in [1.82, 2.24) is 19.9 Å². The molecule has 0 bridgehead atoms. The van der Waals surface area contributed by atoms with E-state index >= 15 is 0 Å². The minimum absolute atomic E-state index is 0.0755. The van der Waals surface area contributed by atoms with Crippen LogP contribution in [-0.2, 0) is 0 Å². The van der Waals surface area contributed by atoms with Gasteiger partial charge in [0.2, 0.25) is 11.3 Å². The Bertz CT molecular complexity index is 1270. The lowest BCUT2D eigenvalue weighted by molar-refractivity contribution is -0.274. The molecule has 2 aromatic heterocycles. The first kappa shape index (κ1) is 20.1. The average molecular weight is 430 g/mol. The maximum Gasteiger partial charge on any atom is 0.573 e. The van der Waals surface area contributed by atoms with Crippen molar-refractivity contribution in [1.29, 1.82) is 0 Å². The summed E-state index contributed by atoms with van der Waals surface area (Å²) in [7, 11) is 1.53. The Morgan fingerprint density at radius 3 is 2.52 bits per heavy atom. The van der Waals surface area contributed by atoms with E-state index in [1.54, 1.807) is 24.3 Å². The predicted molar refractivity (Wildman–Crippen MR) is 102 cm³/mol. The maximum atomic E-state index is 12.3. The van der Waals surface area contributed by atoms with Gasteiger partial charge < -0.3 is 14.0 Å². The molecule has 31 heavy (non-hydrogen) atoms. The van der Waals surface area contributed by atoms with Crippen LogP contribution in [0.3, 0.4) is 0 Å². The molecule has 0 saturated carbocycles. The highest BCUT2D eigenvalue weighted by atomic mass is 19.4. The third-order valence-electron chi connectivity index (χ3n) is 4.10. The molecule has 0 aliphatic rings. The molecular formula is C20H13F3N4O4. The van der Waals surface area contributed by atoms with Crippen molar-refractivity contribution in [3.05, 3.63) is 71.0 Å². The smallest absolute Gasteiger partial charge is 0.497 e. The first-order valence-electron chi connectivity index (χ1n) is 8.77.